The molecule has 3 N–H and O–H groups in total. The van der Waals surface area contributed by atoms with Gasteiger partial charge in [-0.25, -0.2) is 4.98 Å². The first-order valence-corrected chi connectivity index (χ1v) is 8.34. The van der Waals surface area contributed by atoms with Crippen LogP contribution in [0, 0.1) is 6.92 Å². The minimum Gasteiger partial charge on any atom is -0.506 e. The maximum atomic E-state index is 9.74. The number of nitrogen functional groups attached to an aromatic ring is 1. The molecular weight excluding hydrogens is 351 g/mol. The van der Waals surface area contributed by atoms with Crippen molar-refractivity contribution in [3.05, 3.63) is 39.5 Å². The molecule has 6 nitrogen and oxygen atoms in total. The van der Waals surface area contributed by atoms with Crippen molar-refractivity contribution < 1.29 is 9.84 Å². The highest BCUT2D eigenvalue weighted by atomic mass is 35.5. The van der Waals surface area contributed by atoms with E-state index >= 15 is 0 Å². The number of aromatic hydroxyl groups is 1. The third-order valence-corrected chi connectivity index (χ3v) is 4.55. The van der Waals surface area contributed by atoms with Crippen molar-refractivity contribution in [3.8, 4) is 5.75 Å². The van der Waals surface area contributed by atoms with Gasteiger partial charge in [-0.2, -0.15) is 4.98 Å². The van der Waals surface area contributed by atoms with E-state index in [2.05, 4.69) is 14.9 Å². The SMILES string of the molecule is Cc1cc(N2CCCOCC2c2cc(Cl)c(O)cc2Cl)nc(N)n1. The highest BCUT2D eigenvalue weighted by Crippen LogP contribution is 2.37. The third-order valence-electron chi connectivity index (χ3n) is 3.92. The van der Waals surface area contributed by atoms with Crippen LogP contribution in [-0.2, 0) is 4.74 Å². The van der Waals surface area contributed by atoms with Crippen molar-refractivity contribution in [2.24, 2.45) is 0 Å². The number of nitrogens with zero attached hydrogens (tertiary/aromatic N) is 3. The Kier molecular flexibility index (Phi) is 4.99. The van der Waals surface area contributed by atoms with E-state index in [1.807, 2.05) is 13.0 Å². The molecule has 8 heteroatoms. The lowest BCUT2D eigenvalue weighted by atomic mass is 10.1. The monoisotopic (exact) mass is 368 g/mol. The van der Waals surface area contributed by atoms with Crippen LogP contribution in [0.5, 0.6) is 5.75 Å². The Labute approximate surface area is 150 Å². The number of anilines is 2. The van der Waals surface area contributed by atoms with Gasteiger partial charge in [0.05, 0.1) is 17.7 Å². The summed E-state index contributed by atoms with van der Waals surface area (Å²) in [6.45, 7) is 3.68. The lowest BCUT2D eigenvalue weighted by Crippen LogP contribution is -2.32. The van der Waals surface area contributed by atoms with Crippen molar-refractivity contribution >= 4 is 35.0 Å². The van der Waals surface area contributed by atoms with Crippen LogP contribution in [0.4, 0.5) is 11.8 Å². The first-order chi connectivity index (χ1) is 11.5. The number of hydrogen-bond donors (Lipinski definition) is 2. The number of benzene rings is 1. The summed E-state index contributed by atoms with van der Waals surface area (Å²) in [6.07, 6.45) is 0.850. The highest BCUT2D eigenvalue weighted by Gasteiger charge is 2.27. The topological polar surface area (TPSA) is 84.5 Å². The molecule has 0 bridgehead atoms. The summed E-state index contributed by atoms with van der Waals surface area (Å²) in [5.74, 6) is 0.896. The predicted molar refractivity (Wildman–Crippen MR) is 94.8 cm³/mol. The summed E-state index contributed by atoms with van der Waals surface area (Å²) in [5, 5.41) is 10.4. The number of nitrogens with two attached hydrogens (primary N) is 1. The second kappa shape index (κ2) is 7.01. The number of hydrogen-bond acceptors (Lipinski definition) is 6. The summed E-state index contributed by atoms with van der Waals surface area (Å²) >= 11 is 12.4. The van der Waals surface area contributed by atoms with Crippen LogP contribution in [0.15, 0.2) is 18.2 Å². The molecule has 0 radical (unpaired) electrons. The van der Waals surface area contributed by atoms with Crippen LogP contribution in [0.1, 0.15) is 23.7 Å². The van der Waals surface area contributed by atoms with E-state index in [1.165, 1.54) is 6.07 Å². The van der Waals surface area contributed by atoms with Gasteiger partial charge in [0, 0.05) is 36.0 Å². The molecule has 2 heterocycles. The Hall–Kier alpha value is -1.76. The molecule has 24 heavy (non-hydrogen) atoms. The average molecular weight is 369 g/mol. The summed E-state index contributed by atoms with van der Waals surface area (Å²) in [5.41, 5.74) is 7.37. The van der Waals surface area contributed by atoms with Crippen LogP contribution < -0.4 is 10.6 Å². The van der Waals surface area contributed by atoms with Gasteiger partial charge >= 0.3 is 0 Å². The smallest absolute Gasteiger partial charge is 0.222 e. The molecular formula is C16H18Cl2N4O2. The fraction of sp³-hybridized carbons (Fsp3) is 0.375. The Morgan fingerprint density at radius 1 is 1.25 bits per heavy atom. The number of aryl methyl sites for hydroxylation is 1. The minimum absolute atomic E-state index is 0.0476. The molecule has 1 aliphatic rings. The van der Waals surface area contributed by atoms with Gasteiger partial charge in [-0.15, -0.1) is 0 Å². The quantitative estimate of drug-likeness (QED) is 0.845. The molecule has 1 atom stereocenters. The largest absolute Gasteiger partial charge is 0.506 e. The van der Waals surface area contributed by atoms with Gasteiger partial charge < -0.3 is 20.5 Å². The van der Waals surface area contributed by atoms with Gasteiger partial charge in [-0.1, -0.05) is 23.2 Å². The van der Waals surface area contributed by atoms with E-state index in [4.69, 9.17) is 33.7 Å². The first kappa shape index (κ1) is 17.1. The molecule has 128 valence electrons. The molecule has 0 spiro atoms. The molecule has 1 fully saturated rings. The van der Waals surface area contributed by atoms with Crippen LogP contribution >= 0.6 is 23.2 Å². The normalized spacial score (nSPS) is 18.5. The highest BCUT2D eigenvalue weighted by molar-refractivity contribution is 6.34. The first-order valence-electron chi connectivity index (χ1n) is 7.59. The molecule has 0 amide bonds. The average Bonchev–Trinajstić information content (AvgIpc) is 2.75. The maximum absolute atomic E-state index is 9.74. The lowest BCUT2D eigenvalue weighted by Gasteiger charge is -2.31. The lowest BCUT2D eigenvalue weighted by molar-refractivity contribution is 0.134. The molecule has 1 aromatic carbocycles. The summed E-state index contributed by atoms with van der Waals surface area (Å²) in [7, 11) is 0. The van der Waals surface area contributed by atoms with E-state index < -0.39 is 0 Å². The third kappa shape index (κ3) is 3.50. The number of ether oxygens (including phenoxy) is 1. The van der Waals surface area contributed by atoms with Gasteiger partial charge in [0.1, 0.15) is 11.6 Å². The van der Waals surface area contributed by atoms with Crippen molar-refractivity contribution in [2.45, 2.75) is 19.4 Å². The van der Waals surface area contributed by atoms with Crippen molar-refractivity contribution in [1.82, 2.24) is 9.97 Å². The van der Waals surface area contributed by atoms with Gasteiger partial charge in [-0.05, 0) is 25.0 Å². The van der Waals surface area contributed by atoms with Gasteiger partial charge in [0.15, 0.2) is 0 Å². The summed E-state index contributed by atoms with van der Waals surface area (Å²) in [4.78, 5) is 10.6. The molecule has 1 aromatic heterocycles. The van der Waals surface area contributed by atoms with E-state index in [9.17, 15) is 5.11 Å². The number of phenols is 1. The van der Waals surface area contributed by atoms with Crippen molar-refractivity contribution in [1.29, 1.82) is 0 Å². The van der Waals surface area contributed by atoms with Crippen molar-refractivity contribution in [3.63, 3.8) is 0 Å². The fourth-order valence-corrected chi connectivity index (χ4v) is 3.29. The van der Waals surface area contributed by atoms with Gasteiger partial charge in [0.2, 0.25) is 5.95 Å². The molecule has 1 aliphatic heterocycles. The zero-order valence-electron chi connectivity index (χ0n) is 13.2. The van der Waals surface area contributed by atoms with Crippen LogP contribution in [0.2, 0.25) is 10.0 Å². The Balaban J connectivity index is 2.06. The Bertz CT molecular complexity index is 737. The number of rotatable bonds is 2. The zero-order valence-corrected chi connectivity index (χ0v) is 14.7. The van der Waals surface area contributed by atoms with E-state index in [0.717, 1.165) is 30.0 Å². The minimum atomic E-state index is -0.188. The van der Waals surface area contributed by atoms with Gasteiger partial charge in [0.25, 0.3) is 0 Å². The number of phenolic OH excluding ortho intramolecular Hbond substituents is 1. The Morgan fingerprint density at radius 3 is 2.79 bits per heavy atom. The maximum Gasteiger partial charge on any atom is 0.222 e. The molecule has 0 aliphatic carbocycles. The zero-order chi connectivity index (χ0) is 17.3. The van der Waals surface area contributed by atoms with Crippen molar-refractivity contribution in [2.75, 3.05) is 30.4 Å². The molecule has 1 saturated heterocycles. The fourth-order valence-electron chi connectivity index (χ4n) is 2.84. The Morgan fingerprint density at radius 2 is 2.04 bits per heavy atom. The van der Waals surface area contributed by atoms with Crippen LogP contribution in [-0.4, -0.2) is 34.8 Å². The molecule has 2 aromatic rings. The predicted octanol–water partition coefficient (Wildman–Crippen LogP) is 3.35. The number of halogens is 2. The van der Waals surface area contributed by atoms with E-state index in [-0.39, 0.29) is 22.8 Å². The van der Waals surface area contributed by atoms with Crippen LogP contribution in [0.3, 0.4) is 0 Å². The molecule has 0 saturated carbocycles. The number of aromatic nitrogens is 2. The second-order valence-corrected chi connectivity index (χ2v) is 6.50. The van der Waals surface area contributed by atoms with Crippen LogP contribution in [0.25, 0.3) is 0 Å². The standard InChI is InChI=1S/C16H18Cl2N4O2/c1-9-5-15(21-16(19)20-9)22-3-2-4-24-8-13(22)10-6-12(18)14(23)7-11(10)17/h5-7,13,23H,2-4,8H2,1H3,(H2,19,20,21). The van der Waals surface area contributed by atoms with E-state index in [1.54, 1.807) is 6.07 Å². The summed E-state index contributed by atoms with van der Waals surface area (Å²) < 4.78 is 5.72. The second-order valence-electron chi connectivity index (χ2n) is 5.69. The molecule has 3 rings (SSSR count). The summed E-state index contributed by atoms with van der Waals surface area (Å²) in [6, 6.07) is 4.81. The molecule has 1 unspecified atom stereocenters. The van der Waals surface area contributed by atoms with Gasteiger partial charge in [-0.3, -0.25) is 0 Å². The van der Waals surface area contributed by atoms with E-state index in [0.29, 0.717) is 18.2 Å².